The number of carboxylic acid groups (broad SMARTS) is 1. The normalized spacial score (nSPS) is 25.6. The second-order valence-electron chi connectivity index (χ2n) is 8.27. The highest BCUT2D eigenvalue weighted by molar-refractivity contribution is 9.10. The minimum Gasteiger partial charge on any atom is -0.481 e. The third kappa shape index (κ3) is 7.49. The molecule has 6 heteroatoms. The van der Waals surface area contributed by atoms with E-state index in [1.54, 1.807) is 0 Å². The first-order valence-electron chi connectivity index (χ1n) is 11.2. The predicted molar refractivity (Wildman–Crippen MR) is 122 cm³/mol. The number of rotatable bonds is 10. The summed E-state index contributed by atoms with van der Waals surface area (Å²) in [6, 6.07) is 8.68. The topological polar surface area (TPSA) is 59.0 Å². The molecule has 1 aromatic rings. The van der Waals surface area contributed by atoms with Crippen LogP contribution in [0.25, 0.3) is 0 Å². The fourth-order valence-corrected chi connectivity index (χ4v) is 4.73. The Morgan fingerprint density at radius 3 is 2.50 bits per heavy atom. The van der Waals surface area contributed by atoms with Gasteiger partial charge in [0.1, 0.15) is 0 Å². The average Bonchev–Trinajstić information content (AvgIpc) is 2.94. The number of hydrogen-bond donors (Lipinski definition) is 1. The minimum absolute atomic E-state index is 0.0580. The fourth-order valence-electron chi connectivity index (χ4n) is 4.47. The van der Waals surface area contributed by atoms with Crippen molar-refractivity contribution < 1.29 is 19.4 Å². The second kappa shape index (κ2) is 12.6. The van der Waals surface area contributed by atoms with E-state index in [-0.39, 0.29) is 18.6 Å². The summed E-state index contributed by atoms with van der Waals surface area (Å²) in [6.07, 6.45) is 12.0. The quantitative estimate of drug-likeness (QED) is 0.468. The summed E-state index contributed by atoms with van der Waals surface area (Å²) in [5, 5.41) is 8.76. The van der Waals surface area contributed by atoms with Crippen LogP contribution in [0.3, 0.4) is 0 Å². The van der Waals surface area contributed by atoms with Crippen LogP contribution in [0.2, 0.25) is 0 Å². The Bertz CT molecular complexity index is 670. The summed E-state index contributed by atoms with van der Waals surface area (Å²) in [5.41, 5.74) is 1.17. The lowest BCUT2D eigenvalue weighted by Crippen LogP contribution is -2.45. The van der Waals surface area contributed by atoms with Crippen LogP contribution >= 0.6 is 15.9 Å². The Labute approximate surface area is 188 Å². The van der Waals surface area contributed by atoms with Crippen molar-refractivity contribution in [2.75, 3.05) is 19.7 Å². The van der Waals surface area contributed by atoms with E-state index >= 15 is 0 Å². The third-order valence-electron chi connectivity index (χ3n) is 6.06. The molecular formula is C24H34BrNO4. The zero-order valence-electron chi connectivity index (χ0n) is 17.7. The molecule has 0 radical (unpaired) electrons. The molecule has 1 aliphatic heterocycles. The molecule has 30 heavy (non-hydrogen) atoms. The van der Waals surface area contributed by atoms with Crippen molar-refractivity contribution in [3.8, 4) is 0 Å². The number of likely N-dealkylation sites (tertiary alicyclic amines) is 1. The van der Waals surface area contributed by atoms with Crippen molar-refractivity contribution in [3.05, 3.63) is 46.5 Å². The van der Waals surface area contributed by atoms with Gasteiger partial charge in [-0.05, 0) is 62.9 Å². The van der Waals surface area contributed by atoms with Gasteiger partial charge in [-0.3, -0.25) is 9.69 Å². The van der Waals surface area contributed by atoms with Crippen LogP contribution in [0.1, 0.15) is 56.9 Å². The average molecular weight is 480 g/mol. The number of nitrogens with zero attached hydrogens (tertiary/aromatic N) is 1. The van der Waals surface area contributed by atoms with Crippen molar-refractivity contribution in [1.82, 2.24) is 4.90 Å². The molecule has 0 bridgehead atoms. The maximum atomic E-state index is 10.6. The van der Waals surface area contributed by atoms with Crippen LogP contribution in [0.5, 0.6) is 0 Å². The highest BCUT2D eigenvalue weighted by Crippen LogP contribution is 2.32. The number of carboxylic acids is 1. The molecule has 1 heterocycles. The number of aliphatic carboxylic acids is 1. The molecular weight excluding hydrogens is 446 g/mol. The first-order valence-corrected chi connectivity index (χ1v) is 12.0. The van der Waals surface area contributed by atoms with Crippen molar-refractivity contribution in [3.63, 3.8) is 0 Å². The van der Waals surface area contributed by atoms with Gasteiger partial charge in [0, 0.05) is 16.9 Å². The number of hydrogen-bond acceptors (Lipinski definition) is 4. The zero-order valence-corrected chi connectivity index (χ0v) is 19.3. The molecule has 1 aromatic carbocycles. The Hall–Kier alpha value is -1.21. The van der Waals surface area contributed by atoms with Crippen LogP contribution in [0, 0.1) is 0 Å². The highest BCUT2D eigenvalue weighted by Gasteiger charge is 2.40. The van der Waals surface area contributed by atoms with E-state index in [0.29, 0.717) is 25.7 Å². The third-order valence-corrected chi connectivity index (χ3v) is 6.58. The first kappa shape index (κ1) is 23.5. The molecule has 2 aliphatic rings. The van der Waals surface area contributed by atoms with Gasteiger partial charge in [0.2, 0.25) is 0 Å². The number of benzene rings is 1. The molecule has 3 unspecified atom stereocenters. The largest absolute Gasteiger partial charge is 0.481 e. The molecule has 3 atom stereocenters. The smallest absolute Gasteiger partial charge is 0.303 e. The number of halogens is 1. The van der Waals surface area contributed by atoms with Gasteiger partial charge in [0.15, 0.2) is 0 Å². The van der Waals surface area contributed by atoms with Gasteiger partial charge in [-0.15, -0.1) is 0 Å². The number of ether oxygens (including phenoxy) is 2. The van der Waals surface area contributed by atoms with Gasteiger partial charge in [-0.2, -0.15) is 0 Å². The standard InChI is InChI=1S/C24H34BrNO4/c25-20-11-9-19(10-12-20)18-30-22-14-13-21(26-15-5-1-2-6-16-26)24(22)29-17-7-3-4-8-23(27)28/h3,7,9-12,21-22,24H,1-2,4-6,8,13-18H2,(H,27,28). The van der Waals surface area contributed by atoms with E-state index in [1.165, 1.54) is 31.2 Å². The molecule has 1 aliphatic carbocycles. The van der Waals surface area contributed by atoms with Crippen molar-refractivity contribution in [2.24, 2.45) is 0 Å². The Morgan fingerprint density at radius 2 is 1.80 bits per heavy atom. The molecule has 1 saturated heterocycles. The van der Waals surface area contributed by atoms with Gasteiger partial charge in [-0.1, -0.05) is 53.1 Å². The Morgan fingerprint density at radius 1 is 1.07 bits per heavy atom. The van der Waals surface area contributed by atoms with Crippen LogP contribution < -0.4 is 0 Å². The molecule has 0 spiro atoms. The van der Waals surface area contributed by atoms with E-state index in [9.17, 15) is 4.79 Å². The number of allylic oxidation sites excluding steroid dienone is 1. The molecule has 0 amide bonds. The predicted octanol–water partition coefficient (Wildman–Crippen LogP) is 5.18. The maximum Gasteiger partial charge on any atom is 0.303 e. The SMILES string of the molecule is O=C(O)CCC=CCOC1C(OCc2ccc(Br)cc2)CCC1N1CCCCCC1. The van der Waals surface area contributed by atoms with Gasteiger partial charge in [-0.25, -0.2) is 0 Å². The van der Waals surface area contributed by atoms with Crippen LogP contribution in [-0.4, -0.2) is 53.9 Å². The summed E-state index contributed by atoms with van der Waals surface area (Å²) in [5.74, 6) is -0.765. The van der Waals surface area contributed by atoms with Crippen molar-refractivity contribution in [1.29, 1.82) is 0 Å². The molecule has 1 saturated carbocycles. The van der Waals surface area contributed by atoms with E-state index in [0.717, 1.165) is 30.4 Å². The Kier molecular flexibility index (Phi) is 9.85. The van der Waals surface area contributed by atoms with Crippen LogP contribution in [-0.2, 0) is 20.9 Å². The summed E-state index contributed by atoms with van der Waals surface area (Å²) in [6.45, 7) is 3.41. The van der Waals surface area contributed by atoms with E-state index in [2.05, 4.69) is 33.0 Å². The lowest BCUT2D eigenvalue weighted by Gasteiger charge is -2.33. The van der Waals surface area contributed by atoms with E-state index < -0.39 is 5.97 Å². The highest BCUT2D eigenvalue weighted by atomic mass is 79.9. The maximum absolute atomic E-state index is 10.6. The monoisotopic (exact) mass is 479 g/mol. The molecule has 0 aromatic heterocycles. The van der Waals surface area contributed by atoms with Crippen molar-refractivity contribution >= 4 is 21.9 Å². The van der Waals surface area contributed by atoms with Gasteiger partial charge >= 0.3 is 5.97 Å². The molecule has 166 valence electrons. The van der Waals surface area contributed by atoms with Crippen LogP contribution in [0.4, 0.5) is 0 Å². The van der Waals surface area contributed by atoms with E-state index in [1.807, 2.05) is 24.3 Å². The molecule has 5 nitrogen and oxygen atoms in total. The second-order valence-corrected chi connectivity index (χ2v) is 9.19. The molecule has 1 N–H and O–H groups in total. The minimum atomic E-state index is -0.765. The lowest BCUT2D eigenvalue weighted by atomic mass is 10.1. The molecule has 2 fully saturated rings. The summed E-state index contributed by atoms with van der Waals surface area (Å²) in [4.78, 5) is 13.3. The van der Waals surface area contributed by atoms with E-state index in [4.69, 9.17) is 14.6 Å². The lowest BCUT2D eigenvalue weighted by molar-refractivity contribution is -0.136. The fraction of sp³-hybridized carbons (Fsp3) is 0.625. The van der Waals surface area contributed by atoms with Gasteiger partial charge in [0.05, 0.1) is 25.4 Å². The first-order chi connectivity index (χ1) is 14.6. The Balaban J connectivity index is 1.57. The summed E-state index contributed by atoms with van der Waals surface area (Å²) < 4.78 is 13.7. The molecule has 3 rings (SSSR count). The van der Waals surface area contributed by atoms with Crippen molar-refractivity contribution in [2.45, 2.75) is 76.2 Å². The number of carbonyl (C=O) groups is 1. The van der Waals surface area contributed by atoms with Crippen LogP contribution in [0.15, 0.2) is 40.9 Å². The summed E-state index contributed by atoms with van der Waals surface area (Å²) in [7, 11) is 0. The summed E-state index contributed by atoms with van der Waals surface area (Å²) >= 11 is 3.48. The zero-order chi connectivity index (χ0) is 21.2. The van der Waals surface area contributed by atoms with Gasteiger partial charge in [0.25, 0.3) is 0 Å². The van der Waals surface area contributed by atoms with Gasteiger partial charge < -0.3 is 14.6 Å².